The summed E-state index contributed by atoms with van der Waals surface area (Å²) in [7, 11) is 0. The number of halogens is 2. The first-order valence-corrected chi connectivity index (χ1v) is 5.44. The Kier molecular flexibility index (Phi) is 3.73. The maximum Gasteiger partial charge on any atom is 0.159 e. The molecule has 0 aromatic heterocycles. The van der Waals surface area contributed by atoms with Gasteiger partial charge >= 0.3 is 0 Å². The van der Waals surface area contributed by atoms with Gasteiger partial charge in [-0.2, -0.15) is 5.10 Å². The van der Waals surface area contributed by atoms with Gasteiger partial charge in [0, 0.05) is 5.56 Å². The minimum Gasteiger partial charge on any atom is -0.277 e. The molecule has 4 heteroatoms. The fourth-order valence-corrected chi connectivity index (χ4v) is 1.51. The van der Waals surface area contributed by atoms with Crippen LogP contribution in [0.15, 0.2) is 59.7 Å². The van der Waals surface area contributed by atoms with E-state index in [2.05, 4.69) is 10.5 Å². The minimum atomic E-state index is -0.392. The van der Waals surface area contributed by atoms with E-state index >= 15 is 0 Å². The van der Waals surface area contributed by atoms with E-state index in [1.807, 2.05) is 30.3 Å². The van der Waals surface area contributed by atoms with Gasteiger partial charge in [-0.05, 0) is 24.3 Å². The number of para-hydroxylation sites is 1. The van der Waals surface area contributed by atoms with Crippen LogP contribution in [0.3, 0.4) is 0 Å². The van der Waals surface area contributed by atoms with Crippen molar-refractivity contribution in [2.75, 3.05) is 5.43 Å². The summed E-state index contributed by atoms with van der Waals surface area (Å²) in [5, 5.41) is 4.01. The molecular weight excluding hydrogens is 239 g/mol. The van der Waals surface area contributed by atoms with E-state index in [1.165, 1.54) is 6.07 Å². The third-order valence-electron chi connectivity index (χ3n) is 2.15. The summed E-state index contributed by atoms with van der Waals surface area (Å²) < 4.78 is 13.4. The zero-order valence-electron chi connectivity index (χ0n) is 8.90. The maximum absolute atomic E-state index is 13.4. The topological polar surface area (TPSA) is 24.4 Å². The van der Waals surface area contributed by atoms with Crippen molar-refractivity contribution in [3.63, 3.8) is 0 Å². The van der Waals surface area contributed by atoms with E-state index in [0.29, 0.717) is 0 Å². The Morgan fingerprint density at radius 1 is 1.00 bits per heavy atom. The van der Waals surface area contributed by atoms with Gasteiger partial charge in [0.05, 0.1) is 5.69 Å². The smallest absolute Gasteiger partial charge is 0.159 e. The number of hydrogen-bond acceptors (Lipinski definition) is 2. The lowest BCUT2D eigenvalue weighted by molar-refractivity contribution is 0.625. The number of nitrogens with one attached hydrogen (secondary N) is 1. The van der Waals surface area contributed by atoms with Gasteiger partial charge in [0.25, 0.3) is 0 Å². The average Bonchev–Trinajstić information content (AvgIpc) is 2.38. The molecule has 1 N–H and O–H groups in total. The van der Waals surface area contributed by atoms with Crippen molar-refractivity contribution < 1.29 is 4.39 Å². The highest BCUT2D eigenvalue weighted by Gasteiger charge is 2.05. The van der Waals surface area contributed by atoms with Crippen molar-refractivity contribution in [3.05, 3.63) is 66.0 Å². The van der Waals surface area contributed by atoms with Crippen molar-refractivity contribution in [1.82, 2.24) is 0 Å². The number of hydrogen-bond donors (Lipinski definition) is 1. The number of anilines is 1. The Labute approximate surface area is 104 Å². The van der Waals surface area contributed by atoms with Gasteiger partial charge in [0.15, 0.2) is 5.17 Å². The molecule has 0 saturated carbocycles. The van der Waals surface area contributed by atoms with Crippen LogP contribution in [0.1, 0.15) is 5.56 Å². The summed E-state index contributed by atoms with van der Waals surface area (Å²) in [5.41, 5.74) is 3.83. The quantitative estimate of drug-likeness (QED) is 0.648. The first-order chi connectivity index (χ1) is 8.27. The Balaban J connectivity index is 2.16. The Hall–Kier alpha value is -1.87. The van der Waals surface area contributed by atoms with Crippen LogP contribution in [-0.4, -0.2) is 5.17 Å². The van der Waals surface area contributed by atoms with Crippen LogP contribution in [0.2, 0.25) is 0 Å². The summed E-state index contributed by atoms with van der Waals surface area (Å²) in [6.07, 6.45) is 0. The molecule has 0 atom stereocenters. The summed E-state index contributed by atoms with van der Waals surface area (Å²) in [6, 6.07) is 15.6. The second-order valence-electron chi connectivity index (χ2n) is 3.36. The molecule has 0 aliphatic heterocycles. The molecule has 2 aromatic rings. The van der Waals surface area contributed by atoms with Gasteiger partial charge in [-0.15, -0.1) is 0 Å². The van der Waals surface area contributed by atoms with E-state index in [9.17, 15) is 4.39 Å². The van der Waals surface area contributed by atoms with Crippen LogP contribution >= 0.6 is 11.6 Å². The van der Waals surface area contributed by atoms with Crippen LogP contribution in [-0.2, 0) is 0 Å². The monoisotopic (exact) mass is 248 g/mol. The number of nitrogens with zero attached hydrogens (tertiary/aromatic N) is 1. The zero-order chi connectivity index (χ0) is 12.1. The third-order valence-corrected chi connectivity index (χ3v) is 2.44. The van der Waals surface area contributed by atoms with Crippen molar-refractivity contribution in [1.29, 1.82) is 0 Å². The van der Waals surface area contributed by atoms with Crippen LogP contribution in [0.4, 0.5) is 10.1 Å². The van der Waals surface area contributed by atoms with Crippen LogP contribution in [0.5, 0.6) is 0 Å². The van der Waals surface area contributed by atoms with E-state index in [-0.39, 0.29) is 10.7 Å². The predicted octanol–water partition coefficient (Wildman–Crippen LogP) is 3.84. The van der Waals surface area contributed by atoms with Gasteiger partial charge in [0.2, 0.25) is 0 Å². The average molecular weight is 249 g/mol. The number of benzene rings is 2. The minimum absolute atomic E-state index is 0.0898. The highest BCUT2D eigenvalue weighted by molar-refractivity contribution is 6.69. The van der Waals surface area contributed by atoms with E-state index < -0.39 is 5.82 Å². The summed E-state index contributed by atoms with van der Waals surface area (Å²) >= 11 is 5.91. The molecule has 17 heavy (non-hydrogen) atoms. The predicted molar refractivity (Wildman–Crippen MR) is 68.9 cm³/mol. The van der Waals surface area contributed by atoms with Crippen molar-refractivity contribution in [2.24, 2.45) is 5.10 Å². The highest BCUT2D eigenvalue weighted by Crippen LogP contribution is 2.12. The van der Waals surface area contributed by atoms with Gasteiger partial charge in [0.1, 0.15) is 5.82 Å². The van der Waals surface area contributed by atoms with Gasteiger partial charge in [-0.3, -0.25) is 5.43 Å². The van der Waals surface area contributed by atoms with Crippen molar-refractivity contribution in [2.45, 2.75) is 0 Å². The Morgan fingerprint density at radius 3 is 2.35 bits per heavy atom. The first-order valence-electron chi connectivity index (χ1n) is 5.06. The Morgan fingerprint density at radius 2 is 1.65 bits per heavy atom. The number of rotatable bonds is 3. The van der Waals surface area contributed by atoms with E-state index in [1.54, 1.807) is 18.2 Å². The number of hydrazone groups is 1. The standard InChI is InChI=1S/C13H10ClFN2/c14-13(11-8-4-5-9-12(11)15)17-16-10-6-2-1-3-7-10/h1-9,16H. The molecule has 0 aliphatic carbocycles. The molecular formula is C13H10ClFN2. The summed E-state index contributed by atoms with van der Waals surface area (Å²) in [6.45, 7) is 0. The lowest BCUT2D eigenvalue weighted by Crippen LogP contribution is -1.99. The molecule has 0 aliphatic rings. The summed E-state index contributed by atoms with van der Waals surface area (Å²) in [4.78, 5) is 0. The first kappa shape index (κ1) is 11.6. The molecule has 0 bridgehead atoms. The van der Waals surface area contributed by atoms with Crippen LogP contribution in [0.25, 0.3) is 0 Å². The van der Waals surface area contributed by atoms with Gasteiger partial charge < -0.3 is 0 Å². The lowest BCUT2D eigenvalue weighted by atomic mass is 10.2. The SMILES string of the molecule is Fc1ccccc1C(Cl)=NNc1ccccc1. The third kappa shape index (κ3) is 3.04. The molecule has 86 valence electrons. The van der Waals surface area contributed by atoms with Crippen LogP contribution < -0.4 is 5.43 Å². The molecule has 0 fully saturated rings. The molecule has 2 rings (SSSR count). The molecule has 0 radical (unpaired) electrons. The second-order valence-corrected chi connectivity index (χ2v) is 3.72. The highest BCUT2D eigenvalue weighted by atomic mass is 35.5. The molecule has 0 spiro atoms. The van der Waals surface area contributed by atoms with Crippen molar-refractivity contribution in [3.8, 4) is 0 Å². The molecule has 0 unspecified atom stereocenters. The molecule has 0 saturated heterocycles. The molecule has 0 heterocycles. The summed E-state index contributed by atoms with van der Waals surface area (Å²) in [5.74, 6) is -0.392. The zero-order valence-corrected chi connectivity index (χ0v) is 9.66. The lowest BCUT2D eigenvalue weighted by Gasteiger charge is -2.02. The molecule has 2 aromatic carbocycles. The van der Waals surface area contributed by atoms with Gasteiger partial charge in [-0.1, -0.05) is 41.9 Å². The van der Waals surface area contributed by atoms with Crippen molar-refractivity contribution >= 4 is 22.5 Å². The van der Waals surface area contributed by atoms with Gasteiger partial charge in [-0.25, -0.2) is 4.39 Å². The van der Waals surface area contributed by atoms with E-state index in [0.717, 1.165) is 5.69 Å². The maximum atomic E-state index is 13.4. The fourth-order valence-electron chi connectivity index (χ4n) is 1.32. The normalized spacial score (nSPS) is 11.3. The Bertz CT molecular complexity index is 526. The fraction of sp³-hybridized carbons (Fsp3) is 0. The largest absolute Gasteiger partial charge is 0.277 e. The molecule has 0 amide bonds. The van der Waals surface area contributed by atoms with Crippen LogP contribution in [0, 0.1) is 5.82 Å². The van der Waals surface area contributed by atoms with E-state index in [4.69, 9.17) is 11.6 Å². The second kappa shape index (κ2) is 5.46. The molecule has 2 nitrogen and oxygen atoms in total.